The summed E-state index contributed by atoms with van der Waals surface area (Å²) in [5.74, 6) is -1.96. The molecule has 26 heavy (non-hydrogen) atoms. The van der Waals surface area contributed by atoms with Crippen molar-refractivity contribution < 1.29 is 14.7 Å². The summed E-state index contributed by atoms with van der Waals surface area (Å²) in [6, 6.07) is 8.91. The molecule has 3 rings (SSSR count). The van der Waals surface area contributed by atoms with E-state index in [0.29, 0.717) is 27.7 Å². The van der Waals surface area contributed by atoms with Crippen LogP contribution in [-0.2, 0) is 11.3 Å². The molecule has 0 bridgehead atoms. The van der Waals surface area contributed by atoms with Crippen LogP contribution in [0.5, 0.6) is 0 Å². The van der Waals surface area contributed by atoms with Crippen LogP contribution in [0.2, 0.25) is 10.2 Å². The number of benzene rings is 1. The molecular formula is C19H16Cl2N2O3. The molecule has 134 valence electrons. The molecule has 7 heteroatoms. The molecule has 2 aromatic heterocycles. The lowest BCUT2D eigenvalue weighted by atomic mass is 9.99. The first-order valence-corrected chi connectivity index (χ1v) is 8.75. The number of rotatable bonds is 6. The summed E-state index contributed by atoms with van der Waals surface area (Å²) in [6.45, 7) is 2.02. The molecule has 0 aliphatic rings. The van der Waals surface area contributed by atoms with E-state index in [2.05, 4.69) is 4.98 Å². The molecule has 1 unspecified atom stereocenters. The topological polar surface area (TPSA) is 72.2 Å². The highest BCUT2D eigenvalue weighted by atomic mass is 35.5. The smallest absolute Gasteiger partial charge is 0.306 e. The van der Waals surface area contributed by atoms with E-state index in [1.165, 1.54) is 6.92 Å². The second-order valence-corrected chi connectivity index (χ2v) is 7.01. The van der Waals surface area contributed by atoms with Crippen molar-refractivity contribution in [3.63, 3.8) is 0 Å². The maximum atomic E-state index is 12.6. The van der Waals surface area contributed by atoms with E-state index in [9.17, 15) is 9.59 Å². The number of carboxylic acid groups (broad SMARTS) is 1. The van der Waals surface area contributed by atoms with Crippen LogP contribution >= 0.6 is 23.2 Å². The van der Waals surface area contributed by atoms with Crippen LogP contribution in [0.4, 0.5) is 0 Å². The fourth-order valence-electron chi connectivity index (χ4n) is 2.79. The second kappa shape index (κ2) is 7.48. The zero-order valence-corrected chi connectivity index (χ0v) is 15.5. The Morgan fingerprint density at radius 1 is 1.23 bits per heavy atom. The Bertz CT molecular complexity index is 980. The van der Waals surface area contributed by atoms with E-state index in [-0.39, 0.29) is 12.2 Å². The number of hydrogen-bond donors (Lipinski definition) is 1. The Kier molecular flexibility index (Phi) is 5.30. The molecule has 2 heterocycles. The number of carbonyl (C=O) groups excluding carboxylic acids is 1. The van der Waals surface area contributed by atoms with Crippen molar-refractivity contribution in [3.05, 3.63) is 64.0 Å². The third kappa shape index (κ3) is 3.89. The molecule has 5 nitrogen and oxygen atoms in total. The predicted molar refractivity (Wildman–Crippen MR) is 101 cm³/mol. The number of pyridine rings is 1. The number of carbonyl (C=O) groups is 2. The standard InChI is InChI=1S/C19H16Cl2N2O3/c1-11(19(25)26)6-17(24)15-10-23(9-12-2-5-18(21)22-8-12)16-4-3-13(20)7-14(15)16/h2-5,7-8,10-11H,6,9H2,1H3,(H,25,26). The van der Waals surface area contributed by atoms with Gasteiger partial charge in [0.05, 0.1) is 5.92 Å². The summed E-state index contributed by atoms with van der Waals surface area (Å²) in [5, 5.41) is 10.7. The van der Waals surface area contributed by atoms with Gasteiger partial charge in [-0.25, -0.2) is 4.98 Å². The summed E-state index contributed by atoms with van der Waals surface area (Å²) in [7, 11) is 0. The lowest BCUT2D eigenvalue weighted by Gasteiger charge is -2.05. The first kappa shape index (κ1) is 18.4. The maximum absolute atomic E-state index is 12.6. The molecule has 0 amide bonds. The fraction of sp³-hybridized carbons (Fsp3) is 0.211. The summed E-state index contributed by atoms with van der Waals surface area (Å²) >= 11 is 11.9. The highest BCUT2D eigenvalue weighted by Crippen LogP contribution is 2.27. The van der Waals surface area contributed by atoms with E-state index in [4.69, 9.17) is 28.3 Å². The molecule has 1 atom stereocenters. The molecule has 0 saturated carbocycles. The van der Waals surface area contributed by atoms with E-state index in [0.717, 1.165) is 11.1 Å². The van der Waals surface area contributed by atoms with Crippen molar-refractivity contribution in [2.75, 3.05) is 0 Å². The normalized spacial score (nSPS) is 12.3. The van der Waals surface area contributed by atoms with Crippen LogP contribution in [0.3, 0.4) is 0 Å². The lowest BCUT2D eigenvalue weighted by molar-refractivity contribution is -0.141. The fourth-order valence-corrected chi connectivity index (χ4v) is 3.08. The van der Waals surface area contributed by atoms with Gasteiger partial charge in [0.25, 0.3) is 0 Å². The minimum absolute atomic E-state index is 0.0660. The Morgan fingerprint density at radius 3 is 2.65 bits per heavy atom. The van der Waals surface area contributed by atoms with Gasteiger partial charge in [0.15, 0.2) is 5.78 Å². The molecule has 3 aromatic rings. The Balaban J connectivity index is 2.01. The van der Waals surface area contributed by atoms with Gasteiger partial charge in [-0.05, 0) is 29.8 Å². The molecule has 0 fully saturated rings. The number of fused-ring (bicyclic) bond motifs is 1. The largest absolute Gasteiger partial charge is 0.481 e. The molecule has 1 aromatic carbocycles. The van der Waals surface area contributed by atoms with Gasteiger partial charge in [-0.3, -0.25) is 9.59 Å². The highest BCUT2D eigenvalue weighted by molar-refractivity contribution is 6.31. The van der Waals surface area contributed by atoms with Crippen molar-refractivity contribution in [1.29, 1.82) is 0 Å². The van der Waals surface area contributed by atoms with Crippen molar-refractivity contribution in [1.82, 2.24) is 9.55 Å². The summed E-state index contributed by atoms with van der Waals surface area (Å²) in [4.78, 5) is 27.8. The quantitative estimate of drug-likeness (QED) is 0.489. The van der Waals surface area contributed by atoms with Gasteiger partial charge in [-0.15, -0.1) is 0 Å². The van der Waals surface area contributed by atoms with Crippen LogP contribution in [-0.4, -0.2) is 26.4 Å². The van der Waals surface area contributed by atoms with Gasteiger partial charge in [-0.1, -0.05) is 36.2 Å². The third-order valence-corrected chi connectivity index (χ3v) is 4.66. The predicted octanol–water partition coefficient (Wildman–Crippen LogP) is 4.68. The van der Waals surface area contributed by atoms with Gasteiger partial charge in [0, 0.05) is 46.8 Å². The number of hydrogen-bond acceptors (Lipinski definition) is 3. The van der Waals surface area contributed by atoms with Crippen molar-refractivity contribution in [3.8, 4) is 0 Å². The lowest BCUT2D eigenvalue weighted by Crippen LogP contribution is -2.14. The molecular weight excluding hydrogens is 375 g/mol. The van der Waals surface area contributed by atoms with Gasteiger partial charge in [-0.2, -0.15) is 0 Å². The van der Waals surface area contributed by atoms with Crippen molar-refractivity contribution >= 4 is 45.9 Å². The van der Waals surface area contributed by atoms with Crippen molar-refractivity contribution in [2.24, 2.45) is 5.92 Å². The summed E-state index contributed by atoms with van der Waals surface area (Å²) in [5.41, 5.74) is 2.24. The molecule has 1 N–H and O–H groups in total. The minimum Gasteiger partial charge on any atom is -0.481 e. The zero-order chi connectivity index (χ0) is 18.8. The minimum atomic E-state index is -0.993. The van der Waals surface area contributed by atoms with Crippen LogP contribution in [0, 0.1) is 5.92 Å². The maximum Gasteiger partial charge on any atom is 0.306 e. The number of halogens is 2. The first-order chi connectivity index (χ1) is 12.3. The van der Waals surface area contributed by atoms with Gasteiger partial charge >= 0.3 is 5.97 Å². The van der Waals surface area contributed by atoms with Gasteiger partial charge in [0.2, 0.25) is 0 Å². The number of nitrogens with zero attached hydrogens (tertiary/aromatic N) is 2. The van der Waals surface area contributed by atoms with Gasteiger partial charge < -0.3 is 9.67 Å². The average Bonchev–Trinajstić information content (AvgIpc) is 2.94. The van der Waals surface area contributed by atoms with Crippen molar-refractivity contribution in [2.45, 2.75) is 19.9 Å². The number of ketones is 1. The Hall–Kier alpha value is -2.37. The highest BCUT2D eigenvalue weighted by Gasteiger charge is 2.21. The molecule has 0 radical (unpaired) electrons. The van der Waals surface area contributed by atoms with E-state index in [1.54, 1.807) is 30.6 Å². The van der Waals surface area contributed by atoms with E-state index in [1.807, 2.05) is 16.7 Å². The van der Waals surface area contributed by atoms with Gasteiger partial charge in [0.1, 0.15) is 5.15 Å². The van der Waals surface area contributed by atoms with Crippen LogP contribution in [0.15, 0.2) is 42.7 Å². The molecule has 0 aliphatic heterocycles. The number of Topliss-reactive ketones (excluding diaryl/α,β-unsaturated/α-hetero) is 1. The summed E-state index contributed by atoms with van der Waals surface area (Å²) in [6.07, 6.45) is 3.36. The zero-order valence-electron chi connectivity index (χ0n) is 13.9. The monoisotopic (exact) mass is 390 g/mol. The first-order valence-electron chi connectivity index (χ1n) is 8.00. The van der Waals surface area contributed by atoms with Crippen LogP contribution < -0.4 is 0 Å². The number of carboxylic acids is 1. The third-order valence-electron chi connectivity index (χ3n) is 4.20. The molecule has 0 saturated heterocycles. The van der Waals surface area contributed by atoms with Crippen LogP contribution in [0.1, 0.15) is 29.3 Å². The Labute approximate surface area is 160 Å². The molecule has 0 aliphatic carbocycles. The van der Waals surface area contributed by atoms with E-state index >= 15 is 0 Å². The number of aliphatic carboxylic acids is 1. The Morgan fingerprint density at radius 2 is 2.00 bits per heavy atom. The number of aromatic nitrogens is 2. The summed E-state index contributed by atoms with van der Waals surface area (Å²) < 4.78 is 1.93. The average molecular weight is 391 g/mol. The van der Waals surface area contributed by atoms with E-state index < -0.39 is 11.9 Å². The second-order valence-electron chi connectivity index (χ2n) is 6.19. The SMILES string of the molecule is CC(CC(=O)c1cn(Cc2ccc(Cl)nc2)c2ccc(Cl)cc12)C(=O)O. The molecule has 0 spiro atoms. The van der Waals surface area contributed by atoms with Crippen LogP contribution in [0.25, 0.3) is 10.9 Å².